The zero-order chi connectivity index (χ0) is 10.3. The monoisotopic (exact) mass is 221 g/mol. The highest BCUT2D eigenvalue weighted by atomic mass is 32.1. The molecule has 1 aliphatic rings. The summed E-state index contributed by atoms with van der Waals surface area (Å²) in [7, 11) is 0. The average molecular weight is 221 g/mol. The van der Waals surface area contributed by atoms with Crippen LogP contribution in [0.1, 0.15) is 24.7 Å². The van der Waals surface area contributed by atoms with Crippen molar-refractivity contribution in [3.63, 3.8) is 0 Å². The second-order valence-electron chi connectivity index (χ2n) is 3.83. The third-order valence-corrected chi connectivity index (χ3v) is 3.32. The van der Waals surface area contributed by atoms with E-state index in [4.69, 9.17) is 10.3 Å². The van der Waals surface area contributed by atoms with E-state index >= 15 is 0 Å². The van der Waals surface area contributed by atoms with Crippen LogP contribution in [0.5, 0.6) is 0 Å². The Balaban J connectivity index is 1.87. The Bertz CT molecular complexity index is 447. The predicted octanol–water partition coefficient (Wildman–Crippen LogP) is 2.21. The summed E-state index contributed by atoms with van der Waals surface area (Å²) >= 11 is 1.61. The van der Waals surface area contributed by atoms with Crippen LogP contribution in [0.15, 0.2) is 21.3 Å². The van der Waals surface area contributed by atoms with Crippen molar-refractivity contribution in [3.8, 4) is 11.5 Å². The molecule has 0 amide bonds. The van der Waals surface area contributed by atoms with E-state index in [9.17, 15) is 0 Å². The number of thiophene rings is 1. The van der Waals surface area contributed by atoms with Gasteiger partial charge in [-0.25, -0.2) is 0 Å². The Morgan fingerprint density at radius 1 is 1.53 bits per heavy atom. The lowest BCUT2D eigenvalue weighted by Crippen LogP contribution is -2.13. The van der Waals surface area contributed by atoms with Crippen LogP contribution < -0.4 is 5.73 Å². The van der Waals surface area contributed by atoms with Gasteiger partial charge in [0.2, 0.25) is 0 Å². The van der Waals surface area contributed by atoms with Crippen molar-refractivity contribution in [1.29, 1.82) is 0 Å². The SMILES string of the molecule is NC(c1noc(-c2ccsc2)n1)C1CC1. The van der Waals surface area contributed by atoms with E-state index in [0.717, 1.165) is 5.56 Å². The molecule has 3 rings (SSSR count). The Morgan fingerprint density at radius 3 is 3.07 bits per heavy atom. The molecule has 0 spiro atoms. The largest absolute Gasteiger partial charge is 0.334 e. The van der Waals surface area contributed by atoms with Crippen LogP contribution in [0.3, 0.4) is 0 Å². The molecule has 1 unspecified atom stereocenters. The number of aromatic nitrogens is 2. The van der Waals surface area contributed by atoms with Gasteiger partial charge < -0.3 is 10.3 Å². The van der Waals surface area contributed by atoms with Crippen LogP contribution in [0.4, 0.5) is 0 Å². The van der Waals surface area contributed by atoms with Crippen molar-refractivity contribution in [2.24, 2.45) is 11.7 Å². The van der Waals surface area contributed by atoms with E-state index in [1.165, 1.54) is 12.8 Å². The van der Waals surface area contributed by atoms with Gasteiger partial charge >= 0.3 is 0 Å². The van der Waals surface area contributed by atoms with Gasteiger partial charge in [0.1, 0.15) is 0 Å². The Kier molecular flexibility index (Phi) is 2.07. The Hall–Kier alpha value is -1.20. The first-order valence-corrected chi connectivity index (χ1v) is 5.90. The molecule has 0 saturated heterocycles. The summed E-state index contributed by atoms with van der Waals surface area (Å²) in [5, 5.41) is 7.90. The third kappa shape index (κ3) is 1.68. The molecule has 0 aliphatic heterocycles. The van der Waals surface area contributed by atoms with Crippen molar-refractivity contribution in [3.05, 3.63) is 22.7 Å². The smallest absolute Gasteiger partial charge is 0.258 e. The van der Waals surface area contributed by atoms with Gasteiger partial charge in [0.25, 0.3) is 5.89 Å². The molecule has 15 heavy (non-hydrogen) atoms. The maximum absolute atomic E-state index is 5.98. The summed E-state index contributed by atoms with van der Waals surface area (Å²) in [6.45, 7) is 0. The molecule has 0 aromatic carbocycles. The minimum absolute atomic E-state index is 0.0545. The Morgan fingerprint density at radius 2 is 2.40 bits per heavy atom. The molecule has 2 aromatic rings. The van der Waals surface area contributed by atoms with Gasteiger partial charge in [-0.3, -0.25) is 0 Å². The lowest BCUT2D eigenvalue weighted by atomic mass is 10.2. The van der Waals surface area contributed by atoms with E-state index in [0.29, 0.717) is 17.6 Å². The Labute approximate surface area is 91.1 Å². The zero-order valence-electron chi connectivity index (χ0n) is 8.09. The minimum atomic E-state index is -0.0545. The number of hydrogen-bond donors (Lipinski definition) is 1. The molecule has 2 N–H and O–H groups in total. The zero-order valence-corrected chi connectivity index (χ0v) is 8.91. The van der Waals surface area contributed by atoms with Gasteiger partial charge in [0.15, 0.2) is 5.82 Å². The molecule has 1 fully saturated rings. The van der Waals surface area contributed by atoms with Crippen molar-refractivity contribution < 1.29 is 4.52 Å². The topological polar surface area (TPSA) is 64.9 Å². The van der Waals surface area contributed by atoms with Gasteiger partial charge in [0.05, 0.1) is 11.6 Å². The van der Waals surface area contributed by atoms with E-state index in [2.05, 4.69) is 10.1 Å². The van der Waals surface area contributed by atoms with Gasteiger partial charge in [0, 0.05) is 5.38 Å². The molecule has 2 aromatic heterocycles. The highest BCUT2D eigenvalue weighted by Gasteiger charge is 2.32. The van der Waals surface area contributed by atoms with Gasteiger partial charge in [-0.15, -0.1) is 0 Å². The summed E-state index contributed by atoms with van der Waals surface area (Å²) < 4.78 is 5.17. The summed E-state index contributed by atoms with van der Waals surface area (Å²) in [6.07, 6.45) is 2.37. The fourth-order valence-electron chi connectivity index (χ4n) is 1.54. The molecule has 0 radical (unpaired) electrons. The van der Waals surface area contributed by atoms with E-state index < -0.39 is 0 Å². The second kappa shape index (κ2) is 3.43. The minimum Gasteiger partial charge on any atom is -0.334 e. The molecule has 5 heteroatoms. The average Bonchev–Trinajstić information content (AvgIpc) is 2.80. The molecular formula is C10H11N3OS. The number of hydrogen-bond acceptors (Lipinski definition) is 5. The highest BCUT2D eigenvalue weighted by molar-refractivity contribution is 7.08. The van der Waals surface area contributed by atoms with E-state index in [1.54, 1.807) is 11.3 Å². The maximum atomic E-state index is 5.98. The molecule has 1 aliphatic carbocycles. The summed E-state index contributed by atoms with van der Waals surface area (Å²) in [5.41, 5.74) is 6.96. The molecular weight excluding hydrogens is 210 g/mol. The van der Waals surface area contributed by atoms with Crippen LogP contribution in [0, 0.1) is 5.92 Å². The first-order chi connectivity index (χ1) is 7.34. The maximum Gasteiger partial charge on any atom is 0.258 e. The van der Waals surface area contributed by atoms with Crippen molar-refractivity contribution in [1.82, 2.24) is 10.1 Å². The van der Waals surface area contributed by atoms with Crippen LogP contribution >= 0.6 is 11.3 Å². The molecule has 78 valence electrons. The van der Waals surface area contributed by atoms with Crippen LogP contribution in [0.2, 0.25) is 0 Å². The third-order valence-electron chi connectivity index (χ3n) is 2.64. The molecule has 1 saturated carbocycles. The predicted molar refractivity (Wildman–Crippen MR) is 57.3 cm³/mol. The first kappa shape index (κ1) is 9.06. The van der Waals surface area contributed by atoms with Gasteiger partial charge in [-0.05, 0) is 30.2 Å². The number of rotatable bonds is 3. The van der Waals surface area contributed by atoms with Crippen molar-refractivity contribution in [2.75, 3.05) is 0 Å². The van der Waals surface area contributed by atoms with Crippen molar-refractivity contribution in [2.45, 2.75) is 18.9 Å². The molecule has 4 nitrogen and oxygen atoms in total. The molecule has 0 bridgehead atoms. The quantitative estimate of drug-likeness (QED) is 0.863. The summed E-state index contributed by atoms with van der Waals surface area (Å²) in [5.74, 6) is 1.76. The lowest BCUT2D eigenvalue weighted by molar-refractivity contribution is 0.411. The summed E-state index contributed by atoms with van der Waals surface area (Å²) in [4.78, 5) is 4.32. The van der Waals surface area contributed by atoms with Gasteiger partial charge in [-0.2, -0.15) is 16.3 Å². The van der Waals surface area contributed by atoms with Crippen LogP contribution in [-0.4, -0.2) is 10.1 Å². The molecule has 2 heterocycles. The molecule has 1 atom stereocenters. The normalized spacial score (nSPS) is 17.9. The van der Waals surface area contributed by atoms with E-state index in [1.807, 2.05) is 16.8 Å². The number of nitrogens with two attached hydrogens (primary N) is 1. The van der Waals surface area contributed by atoms with Crippen LogP contribution in [-0.2, 0) is 0 Å². The lowest BCUT2D eigenvalue weighted by Gasteiger charge is -2.01. The highest BCUT2D eigenvalue weighted by Crippen LogP contribution is 2.38. The number of nitrogens with zero attached hydrogens (tertiary/aromatic N) is 2. The van der Waals surface area contributed by atoms with Crippen LogP contribution in [0.25, 0.3) is 11.5 Å². The first-order valence-electron chi connectivity index (χ1n) is 4.96. The van der Waals surface area contributed by atoms with Gasteiger partial charge in [-0.1, -0.05) is 5.16 Å². The fraction of sp³-hybridized carbons (Fsp3) is 0.400. The van der Waals surface area contributed by atoms with Crippen molar-refractivity contribution >= 4 is 11.3 Å². The standard InChI is InChI=1S/C10H11N3OS/c11-8(6-1-2-6)9-12-10(14-13-9)7-3-4-15-5-7/h3-6,8H,1-2,11H2. The van der Waals surface area contributed by atoms with E-state index in [-0.39, 0.29) is 6.04 Å². The second-order valence-corrected chi connectivity index (χ2v) is 4.61. The fourth-order valence-corrected chi connectivity index (χ4v) is 2.17. The summed E-state index contributed by atoms with van der Waals surface area (Å²) in [6, 6.07) is 1.91.